The van der Waals surface area contributed by atoms with Gasteiger partial charge in [0.1, 0.15) is 5.83 Å². The third kappa shape index (κ3) is 4.23. The van der Waals surface area contributed by atoms with E-state index in [1.54, 1.807) is 0 Å². The van der Waals surface area contributed by atoms with Gasteiger partial charge in [-0.1, -0.05) is 30.3 Å². The van der Waals surface area contributed by atoms with Gasteiger partial charge in [-0.2, -0.15) is 0 Å². The Balaban J connectivity index is 2.55. The molecule has 1 aromatic carbocycles. The number of benzene rings is 1. The van der Waals surface area contributed by atoms with Gasteiger partial charge in [-0.3, -0.25) is 4.79 Å². The molecule has 16 heavy (non-hydrogen) atoms. The number of nitrogens with two attached hydrogens (primary N) is 1. The molecule has 1 atom stereocenters. The van der Waals surface area contributed by atoms with E-state index in [4.69, 9.17) is 10.8 Å². The second-order valence-electron chi connectivity index (χ2n) is 3.48. The highest BCUT2D eigenvalue weighted by Gasteiger charge is 2.09. The number of carboxylic acid groups (broad SMARTS) is 1. The highest BCUT2D eigenvalue weighted by molar-refractivity contribution is 5.68. The summed E-state index contributed by atoms with van der Waals surface area (Å²) in [5.74, 6) is -1.65. The molecule has 0 saturated carbocycles. The smallest absolute Gasteiger partial charge is 0.307 e. The van der Waals surface area contributed by atoms with Crippen LogP contribution in [0.15, 0.2) is 42.2 Å². The van der Waals surface area contributed by atoms with Crippen LogP contribution >= 0.6 is 0 Å². The minimum Gasteiger partial charge on any atom is -0.481 e. The summed E-state index contributed by atoms with van der Waals surface area (Å²) >= 11 is 0. The second kappa shape index (κ2) is 6.02. The predicted molar refractivity (Wildman–Crippen MR) is 59.6 cm³/mol. The highest BCUT2D eigenvalue weighted by atomic mass is 19.1. The molecule has 0 fully saturated rings. The molecular formula is C12H14FNO2. The van der Waals surface area contributed by atoms with Crippen molar-refractivity contribution in [1.82, 2.24) is 0 Å². The molecule has 0 aliphatic heterocycles. The third-order valence-electron chi connectivity index (χ3n) is 2.12. The maximum absolute atomic E-state index is 13.3. The standard InChI is InChI=1S/C12H14FNO2/c13-10(6-7-12(15)16)11(14)8-9-4-2-1-3-5-9/h1-6,11H,7-8,14H2,(H,15,16)/b10-6-/t11-/m0/s1. The minimum atomic E-state index is -1.07. The first kappa shape index (κ1) is 12.4. The van der Waals surface area contributed by atoms with Crippen LogP contribution in [-0.4, -0.2) is 17.1 Å². The third-order valence-corrected chi connectivity index (χ3v) is 2.12. The van der Waals surface area contributed by atoms with E-state index in [9.17, 15) is 9.18 Å². The van der Waals surface area contributed by atoms with E-state index in [0.29, 0.717) is 6.42 Å². The number of rotatable bonds is 5. The minimum absolute atomic E-state index is 0.339. The topological polar surface area (TPSA) is 63.3 Å². The Bertz CT molecular complexity index is 376. The van der Waals surface area contributed by atoms with Crippen LogP contribution < -0.4 is 5.73 Å². The van der Waals surface area contributed by atoms with Gasteiger partial charge in [0.05, 0.1) is 12.5 Å². The monoisotopic (exact) mass is 223 g/mol. The fraction of sp³-hybridized carbons (Fsp3) is 0.250. The van der Waals surface area contributed by atoms with E-state index in [1.807, 2.05) is 30.3 Å². The first-order valence-corrected chi connectivity index (χ1v) is 4.96. The van der Waals surface area contributed by atoms with Crippen LogP contribution in [0.2, 0.25) is 0 Å². The average molecular weight is 223 g/mol. The molecule has 1 rings (SSSR count). The molecule has 0 spiro atoms. The Kier molecular flexibility index (Phi) is 4.66. The summed E-state index contributed by atoms with van der Waals surface area (Å²) in [6, 6.07) is 8.49. The van der Waals surface area contributed by atoms with Crippen molar-refractivity contribution in [1.29, 1.82) is 0 Å². The first-order chi connectivity index (χ1) is 7.59. The van der Waals surface area contributed by atoms with Gasteiger partial charge >= 0.3 is 5.97 Å². The fourth-order valence-corrected chi connectivity index (χ4v) is 1.30. The summed E-state index contributed by atoms with van der Waals surface area (Å²) in [4.78, 5) is 10.2. The average Bonchev–Trinajstić information content (AvgIpc) is 2.27. The van der Waals surface area contributed by atoms with Crippen molar-refractivity contribution in [2.24, 2.45) is 5.73 Å². The van der Waals surface area contributed by atoms with E-state index in [2.05, 4.69) is 0 Å². The zero-order chi connectivity index (χ0) is 12.0. The molecule has 0 unspecified atom stereocenters. The van der Waals surface area contributed by atoms with E-state index >= 15 is 0 Å². The number of hydrogen-bond donors (Lipinski definition) is 2. The Hall–Kier alpha value is -1.68. The summed E-state index contributed by atoms with van der Waals surface area (Å²) < 4.78 is 13.3. The van der Waals surface area contributed by atoms with E-state index in [0.717, 1.165) is 11.6 Å². The van der Waals surface area contributed by atoms with Crippen molar-refractivity contribution in [3.8, 4) is 0 Å². The lowest BCUT2D eigenvalue weighted by atomic mass is 10.1. The Morgan fingerprint density at radius 2 is 2.06 bits per heavy atom. The predicted octanol–water partition coefficient (Wildman–Crippen LogP) is 1.88. The normalized spacial score (nSPS) is 13.5. The molecule has 0 bridgehead atoms. The van der Waals surface area contributed by atoms with Gasteiger partial charge in [0.25, 0.3) is 0 Å². The first-order valence-electron chi connectivity index (χ1n) is 4.96. The van der Waals surface area contributed by atoms with Crippen LogP contribution in [0.4, 0.5) is 4.39 Å². The number of hydrogen-bond acceptors (Lipinski definition) is 2. The summed E-state index contributed by atoms with van der Waals surface area (Å²) in [5, 5.41) is 8.38. The summed E-state index contributed by atoms with van der Waals surface area (Å²) in [5.41, 5.74) is 6.52. The maximum Gasteiger partial charge on any atom is 0.307 e. The number of aliphatic carboxylic acids is 1. The Labute approximate surface area is 93.4 Å². The van der Waals surface area contributed by atoms with Crippen LogP contribution in [0.1, 0.15) is 12.0 Å². The molecule has 0 aliphatic carbocycles. The van der Waals surface area contributed by atoms with Crippen molar-refractivity contribution in [3.63, 3.8) is 0 Å². The molecule has 0 aliphatic rings. The van der Waals surface area contributed by atoms with Gasteiger partial charge in [-0.05, 0) is 18.1 Å². The highest BCUT2D eigenvalue weighted by Crippen LogP contribution is 2.10. The summed E-state index contributed by atoms with van der Waals surface area (Å²) in [6.07, 6.45) is 1.03. The van der Waals surface area contributed by atoms with E-state index in [-0.39, 0.29) is 6.42 Å². The lowest BCUT2D eigenvalue weighted by molar-refractivity contribution is -0.136. The molecule has 0 heterocycles. The van der Waals surface area contributed by atoms with Gasteiger partial charge in [0.2, 0.25) is 0 Å². The quantitative estimate of drug-likeness (QED) is 0.801. The number of carbonyl (C=O) groups is 1. The Morgan fingerprint density at radius 1 is 1.44 bits per heavy atom. The molecular weight excluding hydrogens is 209 g/mol. The molecule has 0 radical (unpaired) electrons. The molecule has 4 heteroatoms. The van der Waals surface area contributed by atoms with Crippen LogP contribution in [0, 0.1) is 0 Å². The van der Waals surface area contributed by atoms with E-state index < -0.39 is 17.8 Å². The number of carboxylic acids is 1. The van der Waals surface area contributed by atoms with Gasteiger partial charge in [0.15, 0.2) is 0 Å². The van der Waals surface area contributed by atoms with Crippen molar-refractivity contribution in [2.75, 3.05) is 0 Å². The summed E-state index contributed by atoms with van der Waals surface area (Å²) in [7, 11) is 0. The molecule has 1 aromatic rings. The molecule has 0 aromatic heterocycles. The van der Waals surface area contributed by atoms with Gasteiger partial charge in [-0.25, -0.2) is 4.39 Å². The van der Waals surface area contributed by atoms with Crippen molar-refractivity contribution in [3.05, 3.63) is 47.8 Å². The van der Waals surface area contributed by atoms with Crippen LogP contribution in [0.5, 0.6) is 0 Å². The molecule has 0 saturated heterocycles. The van der Waals surface area contributed by atoms with Gasteiger partial charge < -0.3 is 10.8 Å². The van der Waals surface area contributed by atoms with Gasteiger partial charge in [-0.15, -0.1) is 0 Å². The maximum atomic E-state index is 13.3. The van der Waals surface area contributed by atoms with Crippen LogP contribution in [0.3, 0.4) is 0 Å². The van der Waals surface area contributed by atoms with Crippen LogP contribution in [-0.2, 0) is 11.2 Å². The molecule has 3 nitrogen and oxygen atoms in total. The van der Waals surface area contributed by atoms with E-state index in [1.165, 1.54) is 0 Å². The van der Waals surface area contributed by atoms with Crippen molar-refractivity contribution < 1.29 is 14.3 Å². The van der Waals surface area contributed by atoms with Crippen LogP contribution in [0.25, 0.3) is 0 Å². The largest absolute Gasteiger partial charge is 0.481 e. The van der Waals surface area contributed by atoms with Crippen molar-refractivity contribution >= 4 is 5.97 Å². The second-order valence-corrected chi connectivity index (χ2v) is 3.48. The summed E-state index contributed by atoms with van der Waals surface area (Å²) in [6.45, 7) is 0. The fourth-order valence-electron chi connectivity index (χ4n) is 1.30. The van der Waals surface area contributed by atoms with Crippen molar-refractivity contribution in [2.45, 2.75) is 18.9 Å². The van der Waals surface area contributed by atoms with Gasteiger partial charge in [0, 0.05) is 0 Å². The SMILES string of the molecule is N[C@@H](Cc1ccccc1)/C(F)=C/CC(=O)O. The lowest BCUT2D eigenvalue weighted by Gasteiger charge is -2.09. The zero-order valence-electron chi connectivity index (χ0n) is 8.77. The molecule has 0 amide bonds. The molecule has 3 N–H and O–H groups in total. The zero-order valence-corrected chi connectivity index (χ0v) is 8.77. The lowest BCUT2D eigenvalue weighted by Crippen LogP contribution is -2.23. The molecule has 86 valence electrons. The number of halogens is 1. The Morgan fingerprint density at radius 3 is 2.62 bits per heavy atom.